The molecule has 0 aliphatic rings. The van der Waals surface area contributed by atoms with Gasteiger partial charge in [-0.3, -0.25) is 0 Å². The maximum atomic E-state index is 15.2. The van der Waals surface area contributed by atoms with E-state index >= 15 is 4.39 Å². The number of nitriles is 1. The fourth-order valence-corrected chi connectivity index (χ4v) is 5.73. The molecule has 1 N–H and O–H groups in total. The van der Waals surface area contributed by atoms with E-state index in [-0.39, 0.29) is 32.9 Å². The van der Waals surface area contributed by atoms with Gasteiger partial charge in [0.1, 0.15) is 17.0 Å². The van der Waals surface area contributed by atoms with Gasteiger partial charge in [0.25, 0.3) is 0 Å². The van der Waals surface area contributed by atoms with Crippen LogP contribution < -0.4 is 10.9 Å². The summed E-state index contributed by atoms with van der Waals surface area (Å²) in [4.78, 5) is 17.4. The van der Waals surface area contributed by atoms with Crippen LogP contribution in [0.15, 0.2) is 36.7 Å². The maximum Gasteiger partial charge on any atom is 0.188 e. The van der Waals surface area contributed by atoms with E-state index < -0.39 is 24.8 Å². The summed E-state index contributed by atoms with van der Waals surface area (Å²) in [6.45, 7) is 7.03. The van der Waals surface area contributed by atoms with Crippen molar-refractivity contribution in [1.82, 2.24) is 19.9 Å². The summed E-state index contributed by atoms with van der Waals surface area (Å²) in [6.07, 6.45) is 3.67. The Bertz CT molecular complexity index is 1580. The normalized spacial score (nSPS) is 12.4. The standard InChI is InChI=1S/C26H24ClF2N6OP/c1-5-37(36,6-2)26-31-12-17(13-32-26)23-20(29)10-21-24(35-23)25(22(27)15(4)33-21)34-14(3)18-9-16(11-30)7-8-19(18)28/h7-10,12-14H,5-6H2,1-4H3,(H,33,34)/t14-/m1/s1. The summed E-state index contributed by atoms with van der Waals surface area (Å²) < 4.78 is 42.7. The Morgan fingerprint density at radius 3 is 2.41 bits per heavy atom. The third-order valence-electron chi connectivity index (χ3n) is 6.27. The SMILES string of the molecule is CCP(=O)(CC)c1ncc(-c2nc3c(N[C@H](C)c4cc(C#N)ccc4F)c(Cl)c(C)nc3cc2F)cn1. The van der Waals surface area contributed by atoms with Crippen LogP contribution >= 0.6 is 18.7 Å². The summed E-state index contributed by atoms with van der Waals surface area (Å²) in [7, 11) is -2.70. The largest absolute Gasteiger partial charge is 0.375 e. The van der Waals surface area contributed by atoms with Crippen LogP contribution in [0.3, 0.4) is 0 Å². The molecule has 0 saturated carbocycles. The average Bonchev–Trinajstić information content (AvgIpc) is 2.91. The summed E-state index contributed by atoms with van der Waals surface area (Å²) in [5.41, 5.74) is 2.40. The van der Waals surface area contributed by atoms with Gasteiger partial charge in [0.2, 0.25) is 0 Å². The summed E-state index contributed by atoms with van der Waals surface area (Å²) >= 11 is 6.58. The molecule has 0 spiro atoms. The van der Waals surface area contributed by atoms with Crippen molar-refractivity contribution in [1.29, 1.82) is 5.26 Å². The number of hydrogen-bond donors (Lipinski definition) is 1. The van der Waals surface area contributed by atoms with Gasteiger partial charge < -0.3 is 9.88 Å². The minimum Gasteiger partial charge on any atom is -0.375 e. The third-order valence-corrected chi connectivity index (χ3v) is 9.73. The molecule has 0 radical (unpaired) electrons. The Morgan fingerprint density at radius 1 is 1.11 bits per heavy atom. The molecule has 3 aromatic heterocycles. The molecule has 1 aromatic carbocycles. The van der Waals surface area contributed by atoms with E-state index in [4.69, 9.17) is 11.6 Å². The number of halogens is 3. The zero-order chi connectivity index (χ0) is 26.9. The molecule has 0 bridgehead atoms. The zero-order valence-corrected chi connectivity index (χ0v) is 22.3. The number of benzene rings is 1. The summed E-state index contributed by atoms with van der Waals surface area (Å²) in [5.74, 6) is -1.13. The van der Waals surface area contributed by atoms with E-state index in [1.807, 2.05) is 19.9 Å². The van der Waals surface area contributed by atoms with Crippen LogP contribution in [0.25, 0.3) is 22.3 Å². The minimum atomic E-state index is -2.70. The second kappa shape index (κ2) is 10.5. The van der Waals surface area contributed by atoms with Crippen molar-refractivity contribution in [3.8, 4) is 17.3 Å². The number of aromatic nitrogens is 4. The van der Waals surface area contributed by atoms with E-state index in [2.05, 4.69) is 25.3 Å². The Hall–Kier alpha value is -3.47. The van der Waals surface area contributed by atoms with Gasteiger partial charge in [-0.05, 0) is 32.0 Å². The summed E-state index contributed by atoms with van der Waals surface area (Å²) in [6, 6.07) is 6.72. The molecular formula is C26H24ClF2N6OP. The highest BCUT2D eigenvalue weighted by molar-refractivity contribution is 7.71. The molecule has 37 heavy (non-hydrogen) atoms. The molecule has 0 fully saturated rings. The first kappa shape index (κ1) is 26.6. The number of fused-ring (bicyclic) bond motifs is 1. The number of anilines is 1. The van der Waals surface area contributed by atoms with Gasteiger partial charge in [-0.2, -0.15) is 5.26 Å². The van der Waals surface area contributed by atoms with Gasteiger partial charge >= 0.3 is 0 Å². The van der Waals surface area contributed by atoms with Crippen LogP contribution in [0.4, 0.5) is 14.5 Å². The van der Waals surface area contributed by atoms with Crippen LogP contribution in [0.2, 0.25) is 5.02 Å². The van der Waals surface area contributed by atoms with E-state index in [0.29, 0.717) is 34.8 Å². The molecule has 0 saturated heterocycles. The van der Waals surface area contributed by atoms with Crippen molar-refractivity contribution in [2.75, 3.05) is 17.6 Å². The lowest BCUT2D eigenvalue weighted by atomic mass is 10.0. The van der Waals surface area contributed by atoms with Crippen LogP contribution in [0, 0.1) is 29.9 Å². The summed E-state index contributed by atoms with van der Waals surface area (Å²) in [5, 5.41) is 12.6. The maximum absolute atomic E-state index is 15.2. The van der Waals surface area contributed by atoms with Crippen LogP contribution in [0.5, 0.6) is 0 Å². The fourth-order valence-electron chi connectivity index (χ4n) is 4.00. The molecule has 190 valence electrons. The van der Waals surface area contributed by atoms with Crippen molar-refractivity contribution in [2.45, 2.75) is 33.7 Å². The molecule has 7 nitrogen and oxygen atoms in total. The predicted octanol–water partition coefficient (Wildman–Crippen LogP) is 6.40. The number of nitrogens with one attached hydrogen (secondary N) is 1. The van der Waals surface area contributed by atoms with Gasteiger partial charge in [0, 0.05) is 41.9 Å². The first-order valence-corrected chi connectivity index (χ1v) is 14.1. The smallest absolute Gasteiger partial charge is 0.188 e. The lowest BCUT2D eigenvalue weighted by Crippen LogP contribution is -2.16. The molecular weight excluding hydrogens is 517 g/mol. The molecule has 0 aliphatic heterocycles. The minimum absolute atomic E-state index is 0.0306. The van der Waals surface area contributed by atoms with E-state index in [1.54, 1.807) is 13.8 Å². The molecule has 0 aliphatic carbocycles. The number of aryl methyl sites for hydroxylation is 1. The molecule has 0 unspecified atom stereocenters. The Labute approximate surface area is 218 Å². The van der Waals surface area contributed by atoms with Crippen molar-refractivity contribution in [3.63, 3.8) is 0 Å². The topological polar surface area (TPSA) is 104 Å². The quantitative estimate of drug-likeness (QED) is 0.270. The fraction of sp³-hybridized carbons (Fsp3) is 0.269. The zero-order valence-electron chi connectivity index (χ0n) is 20.7. The molecule has 1 atom stereocenters. The predicted molar refractivity (Wildman–Crippen MR) is 142 cm³/mol. The van der Waals surface area contributed by atoms with Crippen molar-refractivity contribution in [2.24, 2.45) is 0 Å². The molecule has 4 rings (SSSR count). The second-order valence-corrected chi connectivity index (χ2v) is 12.4. The average molecular weight is 541 g/mol. The monoisotopic (exact) mass is 540 g/mol. The van der Waals surface area contributed by atoms with Gasteiger partial charge in [0.15, 0.2) is 18.5 Å². The van der Waals surface area contributed by atoms with E-state index in [0.717, 1.165) is 0 Å². The number of hydrogen-bond acceptors (Lipinski definition) is 7. The molecule has 3 heterocycles. The first-order chi connectivity index (χ1) is 17.6. The third kappa shape index (κ3) is 5.04. The van der Waals surface area contributed by atoms with Crippen LogP contribution in [-0.2, 0) is 4.57 Å². The van der Waals surface area contributed by atoms with Crippen LogP contribution in [-0.4, -0.2) is 32.3 Å². The second-order valence-electron chi connectivity index (χ2n) is 8.58. The van der Waals surface area contributed by atoms with E-state index in [9.17, 15) is 14.2 Å². The molecule has 0 amide bonds. The Kier molecular flexibility index (Phi) is 7.54. The van der Waals surface area contributed by atoms with Gasteiger partial charge in [-0.15, -0.1) is 0 Å². The van der Waals surface area contributed by atoms with Gasteiger partial charge in [-0.25, -0.2) is 28.7 Å². The molecule has 11 heteroatoms. The molecule has 4 aromatic rings. The Balaban J connectivity index is 1.82. The number of pyridine rings is 2. The van der Waals surface area contributed by atoms with Crippen molar-refractivity contribution < 1.29 is 13.3 Å². The highest BCUT2D eigenvalue weighted by atomic mass is 35.5. The van der Waals surface area contributed by atoms with Gasteiger partial charge in [-0.1, -0.05) is 25.4 Å². The van der Waals surface area contributed by atoms with E-state index in [1.165, 1.54) is 36.7 Å². The van der Waals surface area contributed by atoms with Crippen molar-refractivity contribution >= 4 is 41.0 Å². The number of nitrogens with zero attached hydrogens (tertiary/aromatic N) is 5. The van der Waals surface area contributed by atoms with Crippen molar-refractivity contribution in [3.05, 3.63) is 70.1 Å². The first-order valence-electron chi connectivity index (χ1n) is 11.6. The lowest BCUT2D eigenvalue weighted by molar-refractivity contribution is 0.581. The Morgan fingerprint density at radius 2 is 1.78 bits per heavy atom. The number of rotatable bonds is 7. The highest BCUT2D eigenvalue weighted by Crippen LogP contribution is 2.42. The van der Waals surface area contributed by atoms with Gasteiger partial charge in [0.05, 0.1) is 39.6 Å². The lowest BCUT2D eigenvalue weighted by Gasteiger charge is -2.20. The highest BCUT2D eigenvalue weighted by Gasteiger charge is 2.24. The van der Waals surface area contributed by atoms with Crippen LogP contribution in [0.1, 0.15) is 43.6 Å².